The molecular weight excluding hydrogens is 516 g/mol. The van der Waals surface area contributed by atoms with Crippen LogP contribution < -0.4 is 10.2 Å². The molecule has 0 aromatic heterocycles. The Kier molecular flexibility index (Phi) is 7.91. The molecule has 2 N–H and O–H groups in total. The first-order valence-corrected chi connectivity index (χ1v) is 12.6. The number of halogens is 2. The van der Waals surface area contributed by atoms with Crippen molar-refractivity contribution in [3.63, 3.8) is 0 Å². The quantitative estimate of drug-likeness (QED) is 0.367. The predicted octanol–water partition coefficient (Wildman–Crippen LogP) is 6.65. The van der Waals surface area contributed by atoms with Gasteiger partial charge in [0.1, 0.15) is 11.8 Å². The van der Waals surface area contributed by atoms with Gasteiger partial charge in [-0.15, -0.1) is 0 Å². The molecule has 1 fully saturated rings. The number of rotatable bonds is 6. The normalized spacial score (nSPS) is 14.9. The maximum absolute atomic E-state index is 14.0. The monoisotopic (exact) mass is 540 g/mol. The van der Waals surface area contributed by atoms with E-state index in [0.29, 0.717) is 10.0 Å². The number of para-hydroxylation sites is 2. The van der Waals surface area contributed by atoms with E-state index in [2.05, 4.69) is 21.2 Å². The van der Waals surface area contributed by atoms with Gasteiger partial charge in [0.25, 0.3) is 5.91 Å². The zero-order chi connectivity index (χ0) is 24.1. The molecule has 1 aliphatic carbocycles. The van der Waals surface area contributed by atoms with Crippen LogP contribution in [0.3, 0.4) is 0 Å². The molecule has 1 saturated carbocycles. The lowest BCUT2D eigenvalue weighted by Crippen LogP contribution is -2.47. The van der Waals surface area contributed by atoms with Gasteiger partial charge >= 0.3 is 0 Å². The summed E-state index contributed by atoms with van der Waals surface area (Å²) in [6.07, 6.45) is 5.10. The molecule has 176 valence electrons. The first-order valence-electron chi connectivity index (χ1n) is 11.4. The fourth-order valence-corrected chi connectivity index (χ4v) is 5.14. The molecule has 0 radical (unpaired) electrons. The van der Waals surface area contributed by atoms with Crippen molar-refractivity contribution in [2.75, 3.05) is 4.90 Å². The van der Waals surface area contributed by atoms with Crippen molar-refractivity contribution in [3.05, 3.63) is 93.4 Å². The Hall–Kier alpha value is -2.83. The minimum Gasteiger partial charge on any atom is -0.506 e. The Morgan fingerprint density at radius 2 is 1.59 bits per heavy atom. The third-order valence-corrected chi connectivity index (χ3v) is 7.17. The first-order chi connectivity index (χ1) is 16.5. The number of nitrogens with one attached hydrogen (secondary N) is 1. The molecule has 0 aliphatic heterocycles. The number of phenols is 1. The standard InChI is InChI=1S/C27H26BrClN2O3/c28-21-14-6-4-12-19(21)25(26(33)30-18-10-2-1-3-11-18)31(23-16-8-9-17-24(23)32)27(34)20-13-5-7-15-22(20)29/h4-9,12-18,25,32H,1-3,10-11H2,(H,30,33). The smallest absolute Gasteiger partial charge is 0.260 e. The van der Waals surface area contributed by atoms with Gasteiger partial charge in [-0.05, 0) is 48.7 Å². The fourth-order valence-electron chi connectivity index (χ4n) is 4.42. The van der Waals surface area contributed by atoms with Crippen LogP contribution in [0, 0.1) is 0 Å². The summed E-state index contributed by atoms with van der Waals surface area (Å²) in [5, 5.41) is 14.2. The van der Waals surface area contributed by atoms with Crippen molar-refractivity contribution >= 4 is 45.0 Å². The molecular formula is C27H26BrClN2O3. The summed E-state index contributed by atoms with van der Waals surface area (Å²) in [6, 6.07) is 19.6. The molecule has 3 aromatic carbocycles. The van der Waals surface area contributed by atoms with Crippen LogP contribution in [0.5, 0.6) is 5.75 Å². The van der Waals surface area contributed by atoms with Crippen LogP contribution >= 0.6 is 27.5 Å². The molecule has 0 saturated heterocycles. The molecule has 4 rings (SSSR count). The van der Waals surface area contributed by atoms with Crippen molar-refractivity contribution in [3.8, 4) is 5.75 Å². The summed E-state index contributed by atoms with van der Waals surface area (Å²) >= 11 is 9.95. The van der Waals surface area contributed by atoms with Crippen LogP contribution in [0.1, 0.15) is 54.1 Å². The van der Waals surface area contributed by atoms with Crippen molar-refractivity contribution in [2.24, 2.45) is 0 Å². The number of carbonyl (C=O) groups is 2. The predicted molar refractivity (Wildman–Crippen MR) is 138 cm³/mol. The largest absolute Gasteiger partial charge is 0.506 e. The van der Waals surface area contributed by atoms with Gasteiger partial charge in [0.05, 0.1) is 16.3 Å². The van der Waals surface area contributed by atoms with Crippen LogP contribution in [-0.2, 0) is 4.79 Å². The fraction of sp³-hybridized carbons (Fsp3) is 0.259. The third-order valence-electron chi connectivity index (χ3n) is 6.12. The van der Waals surface area contributed by atoms with E-state index in [-0.39, 0.29) is 34.0 Å². The average Bonchev–Trinajstić information content (AvgIpc) is 2.84. The minimum absolute atomic E-state index is 0.0490. The van der Waals surface area contributed by atoms with E-state index in [0.717, 1.165) is 32.1 Å². The van der Waals surface area contributed by atoms with E-state index in [1.165, 1.54) is 11.0 Å². The van der Waals surface area contributed by atoms with Crippen LogP contribution in [-0.4, -0.2) is 23.0 Å². The van der Waals surface area contributed by atoms with Crippen molar-refractivity contribution in [1.82, 2.24) is 5.32 Å². The van der Waals surface area contributed by atoms with Crippen LogP contribution in [0.25, 0.3) is 0 Å². The molecule has 7 heteroatoms. The number of phenolic OH excluding ortho intramolecular Hbond substituents is 1. The summed E-state index contributed by atoms with van der Waals surface area (Å²) in [5.41, 5.74) is 1.08. The van der Waals surface area contributed by atoms with Gasteiger partial charge in [-0.1, -0.05) is 89.3 Å². The van der Waals surface area contributed by atoms with Crippen LogP contribution in [0.15, 0.2) is 77.3 Å². The average molecular weight is 542 g/mol. The lowest BCUT2D eigenvalue weighted by atomic mass is 9.94. The van der Waals surface area contributed by atoms with Gasteiger partial charge in [0.15, 0.2) is 0 Å². The highest BCUT2D eigenvalue weighted by molar-refractivity contribution is 9.10. The highest BCUT2D eigenvalue weighted by atomic mass is 79.9. The summed E-state index contributed by atoms with van der Waals surface area (Å²) in [5.74, 6) is -0.889. The highest BCUT2D eigenvalue weighted by Crippen LogP contribution is 2.38. The van der Waals surface area contributed by atoms with E-state index in [1.54, 1.807) is 42.5 Å². The number of benzene rings is 3. The second-order valence-electron chi connectivity index (χ2n) is 8.41. The molecule has 34 heavy (non-hydrogen) atoms. The lowest BCUT2D eigenvalue weighted by molar-refractivity contribution is -0.123. The summed E-state index contributed by atoms with van der Waals surface area (Å²) < 4.78 is 0.686. The van der Waals surface area contributed by atoms with E-state index < -0.39 is 11.9 Å². The number of aromatic hydroxyl groups is 1. The Morgan fingerprint density at radius 3 is 2.29 bits per heavy atom. The van der Waals surface area contributed by atoms with E-state index in [9.17, 15) is 14.7 Å². The Labute approximate surface area is 212 Å². The number of carbonyl (C=O) groups excluding carboxylic acids is 2. The van der Waals surface area contributed by atoms with E-state index in [1.807, 2.05) is 24.3 Å². The van der Waals surface area contributed by atoms with Gasteiger partial charge in [-0.3, -0.25) is 14.5 Å². The maximum atomic E-state index is 14.0. The second kappa shape index (κ2) is 11.1. The Bertz CT molecular complexity index is 1180. The molecule has 1 atom stereocenters. The van der Waals surface area contributed by atoms with Gasteiger partial charge < -0.3 is 10.4 Å². The van der Waals surface area contributed by atoms with E-state index >= 15 is 0 Å². The summed E-state index contributed by atoms with van der Waals surface area (Å²) in [7, 11) is 0. The third kappa shape index (κ3) is 5.29. The van der Waals surface area contributed by atoms with Crippen molar-refractivity contribution in [2.45, 2.75) is 44.2 Å². The Morgan fingerprint density at radius 1 is 0.941 bits per heavy atom. The van der Waals surface area contributed by atoms with Crippen molar-refractivity contribution < 1.29 is 14.7 Å². The minimum atomic E-state index is -1.03. The Balaban J connectivity index is 1.86. The molecule has 0 heterocycles. The topological polar surface area (TPSA) is 69.6 Å². The van der Waals surface area contributed by atoms with Gasteiger partial charge in [0, 0.05) is 10.5 Å². The zero-order valence-electron chi connectivity index (χ0n) is 18.6. The lowest BCUT2D eigenvalue weighted by Gasteiger charge is -2.34. The SMILES string of the molecule is O=C(NC1CCCCC1)C(c1ccccc1Br)N(C(=O)c1ccccc1Cl)c1ccccc1O. The van der Waals surface area contributed by atoms with Crippen LogP contribution in [0.4, 0.5) is 5.69 Å². The molecule has 0 bridgehead atoms. The molecule has 1 aliphatic rings. The molecule has 5 nitrogen and oxygen atoms in total. The highest BCUT2D eigenvalue weighted by Gasteiger charge is 2.37. The van der Waals surface area contributed by atoms with Gasteiger partial charge in [-0.25, -0.2) is 0 Å². The molecule has 2 amide bonds. The number of nitrogens with zero attached hydrogens (tertiary/aromatic N) is 1. The maximum Gasteiger partial charge on any atom is 0.260 e. The number of hydrogen-bond acceptors (Lipinski definition) is 3. The van der Waals surface area contributed by atoms with Crippen molar-refractivity contribution in [1.29, 1.82) is 0 Å². The van der Waals surface area contributed by atoms with Gasteiger partial charge in [-0.2, -0.15) is 0 Å². The summed E-state index contributed by atoms with van der Waals surface area (Å²) in [4.78, 5) is 29.2. The van der Waals surface area contributed by atoms with E-state index in [4.69, 9.17) is 11.6 Å². The first kappa shape index (κ1) is 24.3. The number of hydrogen-bond donors (Lipinski definition) is 2. The van der Waals surface area contributed by atoms with Gasteiger partial charge in [0.2, 0.25) is 5.91 Å². The second-order valence-corrected chi connectivity index (χ2v) is 9.67. The number of anilines is 1. The molecule has 1 unspecified atom stereocenters. The number of amides is 2. The molecule has 3 aromatic rings. The molecule has 0 spiro atoms. The zero-order valence-corrected chi connectivity index (χ0v) is 20.9. The van der Waals surface area contributed by atoms with Crippen LogP contribution in [0.2, 0.25) is 5.02 Å². The summed E-state index contributed by atoms with van der Waals surface area (Å²) in [6.45, 7) is 0.